The number of pyridine rings is 1. The Morgan fingerprint density at radius 2 is 2.16 bits per heavy atom. The summed E-state index contributed by atoms with van der Waals surface area (Å²) < 4.78 is 5.11. The lowest BCUT2D eigenvalue weighted by Gasteiger charge is -2.10. The van der Waals surface area contributed by atoms with Gasteiger partial charge in [0.15, 0.2) is 0 Å². The van der Waals surface area contributed by atoms with Crippen LogP contribution in [0.2, 0.25) is 0 Å². The van der Waals surface area contributed by atoms with E-state index in [4.69, 9.17) is 9.72 Å². The number of thioether (sulfide) groups is 1. The molecule has 0 aliphatic rings. The van der Waals surface area contributed by atoms with Crippen LogP contribution in [0.25, 0.3) is 10.9 Å². The van der Waals surface area contributed by atoms with Gasteiger partial charge in [-0.1, -0.05) is 25.1 Å². The zero-order chi connectivity index (χ0) is 13.5. The van der Waals surface area contributed by atoms with E-state index in [0.717, 1.165) is 36.0 Å². The van der Waals surface area contributed by atoms with Crippen molar-refractivity contribution in [3.8, 4) is 0 Å². The van der Waals surface area contributed by atoms with Gasteiger partial charge in [0.1, 0.15) is 5.03 Å². The average Bonchev–Trinajstić information content (AvgIpc) is 2.45. The second-order valence-corrected chi connectivity index (χ2v) is 5.35. The second-order valence-electron chi connectivity index (χ2n) is 4.27. The summed E-state index contributed by atoms with van der Waals surface area (Å²) in [6, 6.07) is 10.5. The Morgan fingerprint density at radius 3 is 2.95 bits per heavy atom. The molecule has 1 aromatic carbocycles. The summed E-state index contributed by atoms with van der Waals surface area (Å²) in [5, 5.41) is 5.68. The van der Waals surface area contributed by atoms with E-state index in [9.17, 15) is 0 Å². The number of rotatable bonds is 7. The van der Waals surface area contributed by atoms with Gasteiger partial charge in [0.05, 0.1) is 12.1 Å². The van der Waals surface area contributed by atoms with Crippen molar-refractivity contribution in [2.45, 2.75) is 18.5 Å². The first-order valence-electron chi connectivity index (χ1n) is 6.56. The molecule has 0 atom stereocenters. The molecule has 0 bridgehead atoms. The van der Waals surface area contributed by atoms with Crippen LogP contribution in [0, 0.1) is 0 Å². The fraction of sp³-hybridized carbons (Fsp3) is 0.400. The van der Waals surface area contributed by atoms with Crippen LogP contribution in [0.15, 0.2) is 35.4 Å². The minimum absolute atomic E-state index is 0.750. The summed E-state index contributed by atoms with van der Waals surface area (Å²) in [4.78, 5) is 4.77. The summed E-state index contributed by atoms with van der Waals surface area (Å²) in [5.41, 5.74) is 2.32. The van der Waals surface area contributed by atoms with E-state index in [1.165, 1.54) is 10.9 Å². The van der Waals surface area contributed by atoms with Gasteiger partial charge in [0.25, 0.3) is 0 Å². The maximum absolute atomic E-state index is 5.11. The summed E-state index contributed by atoms with van der Waals surface area (Å²) in [7, 11) is 1.73. The van der Waals surface area contributed by atoms with E-state index >= 15 is 0 Å². The summed E-state index contributed by atoms with van der Waals surface area (Å²) in [6.07, 6.45) is 0. The maximum atomic E-state index is 5.11. The van der Waals surface area contributed by atoms with Crippen molar-refractivity contribution in [1.82, 2.24) is 10.3 Å². The lowest BCUT2D eigenvalue weighted by Crippen LogP contribution is -2.13. The number of nitrogens with zero attached hydrogens (tertiary/aromatic N) is 1. The normalized spacial score (nSPS) is 11.1. The van der Waals surface area contributed by atoms with Crippen molar-refractivity contribution >= 4 is 22.7 Å². The van der Waals surface area contributed by atoms with Crippen LogP contribution in [-0.4, -0.2) is 31.0 Å². The molecule has 102 valence electrons. The number of benzene rings is 1. The van der Waals surface area contributed by atoms with Crippen LogP contribution < -0.4 is 5.32 Å². The minimum Gasteiger partial charge on any atom is -0.384 e. The van der Waals surface area contributed by atoms with Crippen LogP contribution >= 0.6 is 11.8 Å². The maximum Gasteiger partial charge on any atom is 0.101 e. The number of hydrogen-bond acceptors (Lipinski definition) is 4. The highest BCUT2D eigenvalue weighted by Crippen LogP contribution is 2.24. The Hall–Kier alpha value is -1.10. The molecule has 2 aromatic rings. The lowest BCUT2D eigenvalue weighted by molar-refractivity contribution is 0.218. The molecule has 1 N–H and O–H groups in total. The summed E-state index contributed by atoms with van der Waals surface area (Å²) >= 11 is 1.76. The number of fused-ring (bicyclic) bond motifs is 1. The molecule has 0 aliphatic carbocycles. The van der Waals surface area contributed by atoms with Crippen molar-refractivity contribution in [2.24, 2.45) is 0 Å². The van der Waals surface area contributed by atoms with E-state index < -0.39 is 0 Å². The van der Waals surface area contributed by atoms with Gasteiger partial charge in [0, 0.05) is 24.8 Å². The summed E-state index contributed by atoms with van der Waals surface area (Å²) in [5.74, 6) is 0.932. The van der Waals surface area contributed by atoms with Gasteiger partial charge in [-0.2, -0.15) is 0 Å². The minimum atomic E-state index is 0.750. The van der Waals surface area contributed by atoms with Gasteiger partial charge in [-0.15, -0.1) is 11.8 Å². The number of ether oxygens (including phenoxy) is 1. The van der Waals surface area contributed by atoms with Crippen molar-refractivity contribution in [1.29, 1.82) is 0 Å². The second kappa shape index (κ2) is 7.48. The third kappa shape index (κ3) is 3.93. The Balaban J connectivity index is 2.27. The third-order valence-electron chi connectivity index (χ3n) is 2.85. The average molecular weight is 276 g/mol. The highest BCUT2D eigenvalue weighted by Gasteiger charge is 2.07. The lowest BCUT2D eigenvalue weighted by atomic mass is 10.1. The van der Waals surface area contributed by atoms with Crippen LogP contribution in [0.4, 0.5) is 0 Å². The van der Waals surface area contributed by atoms with Gasteiger partial charge in [-0.05, 0) is 24.2 Å². The number of para-hydroxylation sites is 1. The molecule has 0 fully saturated rings. The largest absolute Gasteiger partial charge is 0.384 e. The number of hydrogen-bond donors (Lipinski definition) is 1. The standard InChI is InChI=1S/C15H20N2OS/c1-3-16-11-13-10-12-6-4-5-7-14(12)17-15(13)19-9-8-18-2/h4-7,10,16H,3,8-9,11H2,1-2H3. The fourth-order valence-corrected chi connectivity index (χ4v) is 2.80. The highest BCUT2D eigenvalue weighted by molar-refractivity contribution is 7.99. The van der Waals surface area contributed by atoms with E-state index in [1.807, 2.05) is 6.07 Å². The van der Waals surface area contributed by atoms with Crippen LogP contribution in [0.1, 0.15) is 12.5 Å². The first kappa shape index (κ1) is 14.3. The fourth-order valence-electron chi connectivity index (χ4n) is 1.88. The molecule has 0 saturated heterocycles. The van der Waals surface area contributed by atoms with Gasteiger partial charge in [-0.25, -0.2) is 4.98 Å². The molecule has 0 radical (unpaired) electrons. The molecule has 3 nitrogen and oxygen atoms in total. The molecular weight excluding hydrogens is 256 g/mol. The predicted octanol–water partition coefficient (Wildman–Crippen LogP) is 3.08. The molecule has 1 heterocycles. The Kier molecular flexibility index (Phi) is 5.63. The van der Waals surface area contributed by atoms with Gasteiger partial charge in [0.2, 0.25) is 0 Å². The van der Waals surface area contributed by atoms with E-state index in [-0.39, 0.29) is 0 Å². The topological polar surface area (TPSA) is 34.2 Å². The van der Waals surface area contributed by atoms with E-state index in [2.05, 4.69) is 36.5 Å². The quantitative estimate of drug-likeness (QED) is 0.622. The van der Waals surface area contributed by atoms with Gasteiger partial charge < -0.3 is 10.1 Å². The number of nitrogens with one attached hydrogen (secondary N) is 1. The molecular formula is C15H20N2OS. The first-order chi connectivity index (χ1) is 9.35. The van der Waals surface area contributed by atoms with E-state index in [1.54, 1.807) is 18.9 Å². The SMILES string of the molecule is CCNCc1cc2ccccc2nc1SCCOC. The Labute approximate surface area is 118 Å². The van der Waals surface area contributed by atoms with Crippen molar-refractivity contribution in [2.75, 3.05) is 26.0 Å². The molecule has 1 aromatic heterocycles. The molecule has 0 spiro atoms. The number of methoxy groups -OCH3 is 1. The zero-order valence-corrected chi connectivity index (χ0v) is 12.3. The monoisotopic (exact) mass is 276 g/mol. The van der Waals surface area contributed by atoms with Gasteiger partial charge >= 0.3 is 0 Å². The molecule has 0 unspecified atom stereocenters. The third-order valence-corrected chi connectivity index (χ3v) is 3.85. The molecule has 19 heavy (non-hydrogen) atoms. The predicted molar refractivity (Wildman–Crippen MR) is 81.7 cm³/mol. The Morgan fingerprint density at radius 1 is 1.32 bits per heavy atom. The molecule has 0 saturated carbocycles. The molecule has 0 aliphatic heterocycles. The molecule has 4 heteroatoms. The highest BCUT2D eigenvalue weighted by atomic mass is 32.2. The van der Waals surface area contributed by atoms with Crippen LogP contribution in [-0.2, 0) is 11.3 Å². The van der Waals surface area contributed by atoms with Crippen molar-refractivity contribution in [3.05, 3.63) is 35.9 Å². The van der Waals surface area contributed by atoms with Crippen LogP contribution in [0.3, 0.4) is 0 Å². The first-order valence-corrected chi connectivity index (χ1v) is 7.55. The van der Waals surface area contributed by atoms with Crippen molar-refractivity contribution < 1.29 is 4.74 Å². The van der Waals surface area contributed by atoms with Gasteiger partial charge in [-0.3, -0.25) is 0 Å². The smallest absolute Gasteiger partial charge is 0.101 e. The molecule has 0 amide bonds. The van der Waals surface area contributed by atoms with Crippen LogP contribution in [0.5, 0.6) is 0 Å². The van der Waals surface area contributed by atoms with E-state index in [0.29, 0.717) is 0 Å². The van der Waals surface area contributed by atoms with Crippen molar-refractivity contribution in [3.63, 3.8) is 0 Å². The summed E-state index contributed by atoms with van der Waals surface area (Å²) in [6.45, 7) is 4.70. The Bertz CT molecular complexity index is 531. The zero-order valence-electron chi connectivity index (χ0n) is 11.5. The number of aromatic nitrogens is 1. The molecule has 2 rings (SSSR count).